The highest BCUT2D eigenvalue weighted by molar-refractivity contribution is 5.70. The van der Waals surface area contributed by atoms with Crippen molar-refractivity contribution in [2.45, 2.75) is 12.8 Å². The minimum atomic E-state index is -0.667. The number of carbonyl (C=O) groups is 1. The van der Waals surface area contributed by atoms with Gasteiger partial charge < -0.3 is 19.6 Å². The number of carboxylic acids is 1. The molecule has 0 radical (unpaired) electrons. The summed E-state index contributed by atoms with van der Waals surface area (Å²) in [5.74, 6) is 0.0233. The lowest BCUT2D eigenvalue weighted by Gasteiger charge is -2.32. The number of anilines is 1. The van der Waals surface area contributed by atoms with Gasteiger partial charge >= 0.3 is 5.97 Å². The average Bonchev–Trinajstić information content (AvgIpc) is 2.48. The summed E-state index contributed by atoms with van der Waals surface area (Å²) in [4.78, 5) is 15.3. The Balaban J connectivity index is 1.84. The average molecular weight is 292 g/mol. The Bertz CT molecular complexity index is 451. The van der Waals surface area contributed by atoms with Crippen LogP contribution < -0.4 is 9.64 Å². The summed E-state index contributed by atoms with van der Waals surface area (Å²) in [6.07, 6.45) is 1.44. The first-order chi connectivity index (χ1) is 10.1. The van der Waals surface area contributed by atoms with Crippen LogP contribution in [0.5, 0.6) is 5.75 Å². The summed E-state index contributed by atoms with van der Waals surface area (Å²) in [5.41, 5.74) is 1.14. The fourth-order valence-electron chi connectivity index (χ4n) is 2.48. The van der Waals surface area contributed by atoms with Crippen molar-refractivity contribution in [3.05, 3.63) is 24.3 Å². The van der Waals surface area contributed by atoms with Gasteiger partial charge in [0, 0.05) is 25.3 Å². The normalized spacial score (nSPS) is 16.2. The number of nitrogens with zero attached hydrogens (tertiary/aromatic N) is 2. The summed E-state index contributed by atoms with van der Waals surface area (Å²) in [5, 5.41) is 9.01. The summed E-state index contributed by atoms with van der Waals surface area (Å²) in [6.45, 7) is 3.18. The van der Waals surface area contributed by atoms with Gasteiger partial charge in [-0.1, -0.05) is 0 Å². The fourth-order valence-corrected chi connectivity index (χ4v) is 2.48. The van der Waals surface area contributed by atoms with Crippen LogP contribution in [0, 0.1) is 5.92 Å². The van der Waals surface area contributed by atoms with Crippen molar-refractivity contribution < 1.29 is 14.6 Å². The monoisotopic (exact) mass is 292 g/mol. The Morgan fingerprint density at radius 1 is 1.29 bits per heavy atom. The minimum Gasteiger partial charge on any atom is -0.492 e. The summed E-state index contributed by atoms with van der Waals surface area (Å²) < 4.78 is 5.67. The van der Waals surface area contributed by atoms with Crippen molar-refractivity contribution in [1.29, 1.82) is 0 Å². The Morgan fingerprint density at radius 3 is 2.43 bits per heavy atom. The topological polar surface area (TPSA) is 53.0 Å². The van der Waals surface area contributed by atoms with Crippen LogP contribution in [0.25, 0.3) is 0 Å². The van der Waals surface area contributed by atoms with Crippen molar-refractivity contribution >= 4 is 11.7 Å². The lowest BCUT2D eigenvalue weighted by molar-refractivity contribution is -0.142. The van der Waals surface area contributed by atoms with E-state index in [-0.39, 0.29) is 5.92 Å². The molecule has 5 heteroatoms. The third-order valence-electron chi connectivity index (χ3n) is 3.85. The first-order valence-electron chi connectivity index (χ1n) is 7.41. The Labute approximate surface area is 126 Å². The van der Waals surface area contributed by atoms with E-state index in [1.54, 1.807) is 0 Å². The zero-order chi connectivity index (χ0) is 15.2. The Morgan fingerprint density at radius 2 is 1.90 bits per heavy atom. The maximum atomic E-state index is 11.0. The van der Waals surface area contributed by atoms with Gasteiger partial charge in [-0.15, -0.1) is 0 Å². The molecule has 1 aliphatic rings. The molecular weight excluding hydrogens is 268 g/mol. The van der Waals surface area contributed by atoms with Gasteiger partial charge in [-0.3, -0.25) is 4.79 Å². The molecule has 2 rings (SSSR count). The molecule has 0 atom stereocenters. The Hall–Kier alpha value is -1.75. The molecule has 1 N–H and O–H groups in total. The maximum absolute atomic E-state index is 11.0. The van der Waals surface area contributed by atoms with Crippen LogP contribution in [0.4, 0.5) is 5.69 Å². The van der Waals surface area contributed by atoms with E-state index in [0.717, 1.165) is 43.9 Å². The van der Waals surface area contributed by atoms with Gasteiger partial charge in [0.2, 0.25) is 0 Å². The molecule has 1 aromatic carbocycles. The molecule has 21 heavy (non-hydrogen) atoms. The molecule has 1 aliphatic heterocycles. The molecule has 0 bridgehead atoms. The van der Waals surface area contributed by atoms with Crippen LogP contribution in [-0.4, -0.2) is 56.3 Å². The molecule has 0 aromatic heterocycles. The van der Waals surface area contributed by atoms with Gasteiger partial charge in [0.25, 0.3) is 0 Å². The number of hydrogen-bond acceptors (Lipinski definition) is 4. The highest BCUT2D eigenvalue weighted by Crippen LogP contribution is 2.25. The van der Waals surface area contributed by atoms with Gasteiger partial charge in [-0.25, -0.2) is 0 Å². The third kappa shape index (κ3) is 4.63. The zero-order valence-electron chi connectivity index (χ0n) is 12.8. The molecule has 116 valence electrons. The van der Waals surface area contributed by atoms with Gasteiger partial charge in [-0.05, 0) is 51.2 Å². The van der Waals surface area contributed by atoms with Crippen LogP contribution in [-0.2, 0) is 4.79 Å². The number of carboxylic acid groups (broad SMARTS) is 1. The van der Waals surface area contributed by atoms with Crippen LogP contribution in [0.2, 0.25) is 0 Å². The van der Waals surface area contributed by atoms with Gasteiger partial charge in [-0.2, -0.15) is 0 Å². The van der Waals surface area contributed by atoms with E-state index in [1.807, 2.05) is 38.4 Å². The number of benzene rings is 1. The second-order valence-electron chi connectivity index (χ2n) is 5.75. The summed E-state index contributed by atoms with van der Waals surface area (Å²) in [6, 6.07) is 8.06. The predicted molar refractivity (Wildman–Crippen MR) is 83.1 cm³/mol. The molecule has 1 aromatic rings. The standard InChI is InChI=1S/C16H24N2O3/c1-17(2)11-12-21-15-5-3-14(4-6-15)18-9-7-13(8-10-18)16(19)20/h3-6,13H,7-12H2,1-2H3,(H,19,20). The van der Waals surface area contributed by atoms with Crippen LogP contribution in [0.3, 0.4) is 0 Å². The van der Waals surface area contributed by atoms with E-state index >= 15 is 0 Å². The second kappa shape index (κ2) is 7.31. The Kier molecular flexibility index (Phi) is 5.44. The highest BCUT2D eigenvalue weighted by atomic mass is 16.5. The molecule has 1 heterocycles. The summed E-state index contributed by atoms with van der Waals surface area (Å²) >= 11 is 0. The van der Waals surface area contributed by atoms with Crippen molar-refractivity contribution in [2.75, 3.05) is 45.2 Å². The van der Waals surface area contributed by atoms with Gasteiger partial charge in [0.15, 0.2) is 0 Å². The van der Waals surface area contributed by atoms with E-state index in [1.165, 1.54) is 0 Å². The number of aliphatic carboxylic acids is 1. The van der Waals surface area contributed by atoms with Crippen LogP contribution in [0.1, 0.15) is 12.8 Å². The van der Waals surface area contributed by atoms with E-state index in [0.29, 0.717) is 6.61 Å². The van der Waals surface area contributed by atoms with Crippen molar-refractivity contribution in [3.63, 3.8) is 0 Å². The van der Waals surface area contributed by atoms with Gasteiger partial charge in [0.1, 0.15) is 12.4 Å². The number of rotatable bonds is 6. The van der Waals surface area contributed by atoms with Crippen molar-refractivity contribution in [2.24, 2.45) is 5.92 Å². The van der Waals surface area contributed by atoms with Crippen molar-refractivity contribution in [3.8, 4) is 5.75 Å². The molecule has 0 aliphatic carbocycles. The van der Waals surface area contributed by atoms with E-state index < -0.39 is 5.97 Å². The van der Waals surface area contributed by atoms with Gasteiger partial charge in [0.05, 0.1) is 5.92 Å². The van der Waals surface area contributed by atoms with Crippen molar-refractivity contribution in [1.82, 2.24) is 4.90 Å². The molecule has 0 amide bonds. The molecule has 0 unspecified atom stereocenters. The molecule has 1 fully saturated rings. The number of ether oxygens (including phenoxy) is 1. The largest absolute Gasteiger partial charge is 0.492 e. The van der Waals surface area contributed by atoms with Crippen LogP contribution in [0.15, 0.2) is 24.3 Å². The lowest BCUT2D eigenvalue weighted by Crippen LogP contribution is -2.36. The molecule has 0 spiro atoms. The molecular formula is C16H24N2O3. The maximum Gasteiger partial charge on any atom is 0.306 e. The fraction of sp³-hybridized carbons (Fsp3) is 0.562. The van der Waals surface area contributed by atoms with E-state index in [4.69, 9.17) is 9.84 Å². The second-order valence-corrected chi connectivity index (χ2v) is 5.75. The van der Waals surface area contributed by atoms with E-state index in [2.05, 4.69) is 9.80 Å². The summed E-state index contributed by atoms with van der Waals surface area (Å²) in [7, 11) is 4.04. The molecule has 1 saturated heterocycles. The first kappa shape index (κ1) is 15.6. The molecule has 0 saturated carbocycles. The number of piperidine rings is 1. The number of hydrogen-bond donors (Lipinski definition) is 1. The number of likely N-dealkylation sites (N-methyl/N-ethyl adjacent to an activating group) is 1. The first-order valence-corrected chi connectivity index (χ1v) is 7.41. The predicted octanol–water partition coefficient (Wildman–Crippen LogP) is 1.93. The SMILES string of the molecule is CN(C)CCOc1ccc(N2CCC(C(=O)O)CC2)cc1. The van der Waals surface area contributed by atoms with E-state index in [9.17, 15) is 4.79 Å². The molecule has 5 nitrogen and oxygen atoms in total. The smallest absolute Gasteiger partial charge is 0.306 e. The third-order valence-corrected chi connectivity index (χ3v) is 3.85. The zero-order valence-corrected chi connectivity index (χ0v) is 12.8. The highest BCUT2D eigenvalue weighted by Gasteiger charge is 2.24. The van der Waals surface area contributed by atoms with Crippen LogP contribution >= 0.6 is 0 Å². The lowest BCUT2D eigenvalue weighted by atomic mass is 9.97. The minimum absolute atomic E-state index is 0.185. The quantitative estimate of drug-likeness (QED) is 0.868.